The van der Waals surface area contributed by atoms with E-state index in [4.69, 9.17) is 0 Å². The molecule has 0 aliphatic heterocycles. The molecule has 0 aromatic heterocycles. The number of aliphatic hydroxyl groups is 1. The Kier molecular flexibility index (Phi) is 4.31. The highest BCUT2D eigenvalue weighted by atomic mass is 32.2. The van der Waals surface area contributed by atoms with Crippen LogP contribution in [0.5, 0.6) is 0 Å². The lowest BCUT2D eigenvalue weighted by atomic mass is 10.0. The average Bonchev–Trinajstić information content (AvgIpc) is 2.61. The van der Waals surface area contributed by atoms with Crippen molar-refractivity contribution < 1.29 is 13.5 Å². The van der Waals surface area contributed by atoms with Gasteiger partial charge in [0.25, 0.3) is 0 Å². The van der Waals surface area contributed by atoms with Gasteiger partial charge in [0.1, 0.15) is 0 Å². The molecule has 1 fully saturated rings. The van der Waals surface area contributed by atoms with Crippen molar-refractivity contribution in [2.24, 2.45) is 0 Å². The zero-order valence-electron chi connectivity index (χ0n) is 8.91. The monoisotopic (exact) mass is 233 g/mol. The number of allylic oxidation sites excluding steroid dienone is 1. The highest BCUT2D eigenvalue weighted by Gasteiger charge is 2.31. The first kappa shape index (κ1) is 12.7. The topological polar surface area (TPSA) is 66.4 Å². The van der Waals surface area contributed by atoms with Crippen LogP contribution in [-0.4, -0.2) is 31.4 Å². The Labute approximate surface area is 91.4 Å². The van der Waals surface area contributed by atoms with E-state index in [1.807, 2.05) is 0 Å². The molecule has 1 aliphatic carbocycles. The molecule has 0 atom stereocenters. The number of hydrogen-bond donors (Lipinski definition) is 2. The van der Waals surface area contributed by atoms with E-state index in [0.29, 0.717) is 19.3 Å². The molecule has 0 saturated heterocycles. The van der Waals surface area contributed by atoms with Gasteiger partial charge in [-0.05, 0) is 19.3 Å². The second kappa shape index (κ2) is 5.09. The van der Waals surface area contributed by atoms with Crippen molar-refractivity contribution in [2.45, 2.75) is 37.7 Å². The lowest BCUT2D eigenvalue weighted by Gasteiger charge is -2.22. The molecule has 1 aliphatic rings. The number of nitrogens with one attached hydrogen (secondary N) is 1. The second-order valence-electron chi connectivity index (χ2n) is 4.15. The fraction of sp³-hybridized carbons (Fsp3) is 0.800. The first-order valence-electron chi connectivity index (χ1n) is 5.28. The van der Waals surface area contributed by atoms with E-state index in [-0.39, 0.29) is 12.3 Å². The summed E-state index contributed by atoms with van der Waals surface area (Å²) in [6.45, 7) is 3.62. The van der Waals surface area contributed by atoms with Gasteiger partial charge in [0, 0.05) is 6.54 Å². The van der Waals surface area contributed by atoms with Gasteiger partial charge in [0.05, 0.1) is 11.4 Å². The quantitative estimate of drug-likeness (QED) is 0.666. The first-order chi connectivity index (χ1) is 6.97. The Bertz CT molecular complexity index is 305. The van der Waals surface area contributed by atoms with Gasteiger partial charge in [-0.1, -0.05) is 18.9 Å². The molecule has 1 rings (SSSR count). The van der Waals surface area contributed by atoms with Gasteiger partial charge >= 0.3 is 0 Å². The van der Waals surface area contributed by atoms with Crippen molar-refractivity contribution >= 4 is 10.0 Å². The van der Waals surface area contributed by atoms with E-state index in [0.717, 1.165) is 12.8 Å². The van der Waals surface area contributed by atoms with E-state index in [9.17, 15) is 13.5 Å². The summed E-state index contributed by atoms with van der Waals surface area (Å²) in [5.74, 6) is 0.0482. The standard InChI is InChI=1S/C10H19NO3S/c1-2-3-8-15(13,14)11-9-10(12)6-4-5-7-10/h2,11-12H,1,3-9H2. The summed E-state index contributed by atoms with van der Waals surface area (Å²) < 4.78 is 25.3. The van der Waals surface area contributed by atoms with E-state index in [1.165, 1.54) is 0 Å². The molecule has 88 valence electrons. The normalized spacial score (nSPS) is 20.3. The molecule has 15 heavy (non-hydrogen) atoms. The molecular formula is C10H19NO3S. The number of rotatable bonds is 6. The maximum absolute atomic E-state index is 11.4. The fourth-order valence-electron chi connectivity index (χ4n) is 1.76. The lowest BCUT2D eigenvalue weighted by Crippen LogP contribution is -2.41. The van der Waals surface area contributed by atoms with Crippen LogP contribution in [0, 0.1) is 0 Å². The molecule has 0 aromatic rings. The fourth-order valence-corrected chi connectivity index (χ4v) is 2.87. The maximum atomic E-state index is 11.4. The average molecular weight is 233 g/mol. The summed E-state index contributed by atoms with van der Waals surface area (Å²) in [6, 6.07) is 0. The van der Waals surface area contributed by atoms with Crippen molar-refractivity contribution in [3.8, 4) is 0 Å². The molecule has 0 heterocycles. The van der Waals surface area contributed by atoms with Crippen LogP contribution in [0.1, 0.15) is 32.1 Å². The van der Waals surface area contributed by atoms with Gasteiger partial charge in [-0.25, -0.2) is 13.1 Å². The van der Waals surface area contributed by atoms with Crippen LogP contribution in [0.3, 0.4) is 0 Å². The Morgan fingerprint density at radius 3 is 2.53 bits per heavy atom. The minimum atomic E-state index is -3.25. The zero-order chi connectivity index (χ0) is 11.4. The van der Waals surface area contributed by atoms with Crippen molar-refractivity contribution in [3.63, 3.8) is 0 Å². The summed E-state index contributed by atoms with van der Waals surface area (Å²) in [6.07, 6.45) is 5.35. The van der Waals surface area contributed by atoms with Gasteiger partial charge in [-0.3, -0.25) is 0 Å². The summed E-state index contributed by atoms with van der Waals surface area (Å²) >= 11 is 0. The minimum Gasteiger partial charge on any atom is -0.389 e. The van der Waals surface area contributed by atoms with Crippen molar-refractivity contribution in [3.05, 3.63) is 12.7 Å². The Morgan fingerprint density at radius 1 is 1.40 bits per heavy atom. The molecule has 5 heteroatoms. The third kappa shape index (κ3) is 4.32. The van der Waals surface area contributed by atoms with Crippen molar-refractivity contribution in [1.82, 2.24) is 4.72 Å². The van der Waals surface area contributed by atoms with Crippen LogP contribution in [0.25, 0.3) is 0 Å². The zero-order valence-corrected chi connectivity index (χ0v) is 9.72. The second-order valence-corrected chi connectivity index (χ2v) is 6.08. The summed E-state index contributed by atoms with van der Waals surface area (Å²) in [4.78, 5) is 0. The van der Waals surface area contributed by atoms with Gasteiger partial charge in [0.15, 0.2) is 0 Å². The third-order valence-electron chi connectivity index (χ3n) is 2.75. The van der Waals surface area contributed by atoms with Crippen LogP contribution in [0.2, 0.25) is 0 Å². The van der Waals surface area contributed by atoms with Crippen molar-refractivity contribution in [2.75, 3.05) is 12.3 Å². The largest absolute Gasteiger partial charge is 0.389 e. The Hall–Kier alpha value is -0.390. The van der Waals surface area contributed by atoms with Crippen LogP contribution >= 0.6 is 0 Å². The lowest BCUT2D eigenvalue weighted by molar-refractivity contribution is 0.0532. The molecule has 2 N–H and O–H groups in total. The Morgan fingerprint density at radius 2 is 2.00 bits per heavy atom. The first-order valence-corrected chi connectivity index (χ1v) is 6.93. The van der Waals surface area contributed by atoms with Gasteiger partial charge in [-0.2, -0.15) is 0 Å². The molecule has 1 saturated carbocycles. The SMILES string of the molecule is C=CCCS(=O)(=O)NCC1(O)CCCC1. The van der Waals surface area contributed by atoms with Crippen molar-refractivity contribution in [1.29, 1.82) is 0 Å². The summed E-state index contributed by atoms with van der Waals surface area (Å²) in [5.41, 5.74) is -0.818. The molecule has 0 aromatic carbocycles. The van der Waals surface area contributed by atoms with Crippen LogP contribution < -0.4 is 4.72 Å². The predicted molar refractivity (Wildman–Crippen MR) is 60.0 cm³/mol. The summed E-state index contributed by atoms with van der Waals surface area (Å²) in [7, 11) is -3.25. The van der Waals surface area contributed by atoms with E-state index >= 15 is 0 Å². The maximum Gasteiger partial charge on any atom is 0.211 e. The Balaban J connectivity index is 2.38. The number of hydrogen-bond acceptors (Lipinski definition) is 3. The van der Waals surface area contributed by atoms with Crippen LogP contribution in [0.15, 0.2) is 12.7 Å². The van der Waals surface area contributed by atoms with Crippen LogP contribution in [0.4, 0.5) is 0 Å². The third-order valence-corrected chi connectivity index (χ3v) is 4.10. The molecule has 0 radical (unpaired) electrons. The minimum absolute atomic E-state index is 0.0482. The molecule has 0 spiro atoms. The van der Waals surface area contributed by atoms with E-state index in [1.54, 1.807) is 6.08 Å². The van der Waals surface area contributed by atoms with E-state index in [2.05, 4.69) is 11.3 Å². The van der Waals surface area contributed by atoms with Gasteiger partial charge in [0.2, 0.25) is 10.0 Å². The smallest absolute Gasteiger partial charge is 0.211 e. The van der Waals surface area contributed by atoms with E-state index < -0.39 is 15.6 Å². The molecule has 0 unspecified atom stereocenters. The summed E-state index contributed by atoms with van der Waals surface area (Å²) in [5, 5.41) is 9.93. The van der Waals surface area contributed by atoms with Gasteiger partial charge < -0.3 is 5.11 Å². The molecule has 0 bridgehead atoms. The number of sulfonamides is 1. The highest BCUT2D eigenvalue weighted by molar-refractivity contribution is 7.89. The van der Waals surface area contributed by atoms with Gasteiger partial charge in [-0.15, -0.1) is 6.58 Å². The highest BCUT2D eigenvalue weighted by Crippen LogP contribution is 2.28. The molecule has 4 nitrogen and oxygen atoms in total. The van der Waals surface area contributed by atoms with Crippen LogP contribution in [-0.2, 0) is 10.0 Å². The molecule has 0 amide bonds. The predicted octanol–water partition coefficient (Wildman–Crippen LogP) is 0.787. The molecular weight excluding hydrogens is 214 g/mol.